The predicted molar refractivity (Wildman–Crippen MR) is 71.1 cm³/mol. The molecule has 0 aliphatic carbocycles. The summed E-state index contributed by atoms with van der Waals surface area (Å²) in [6, 6.07) is 4.95. The summed E-state index contributed by atoms with van der Waals surface area (Å²) in [5.41, 5.74) is 0.224. The van der Waals surface area contributed by atoms with Crippen molar-refractivity contribution in [3.05, 3.63) is 28.8 Å². The normalized spacial score (nSPS) is 18.8. The molecule has 1 fully saturated rings. The topological polar surface area (TPSA) is 61.4 Å². The molecular weight excluding hydrogens is 252 g/mol. The van der Waals surface area contributed by atoms with E-state index in [0.29, 0.717) is 17.6 Å². The van der Waals surface area contributed by atoms with Gasteiger partial charge in [-0.3, -0.25) is 4.79 Å². The molecule has 0 bridgehead atoms. The van der Waals surface area contributed by atoms with E-state index in [2.05, 4.69) is 10.6 Å². The highest BCUT2D eigenvalue weighted by molar-refractivity contribution is 6.31. The Labute approximate surface area is 111 Å². The van der Waals surface area contributed by atoms with Crippen LogP contribution in [0.2, 0.25) is 5.02 Å². The van der Waals surface area contributed by atoms with Crippen molar-refractivity contribution in [3.8, 4) is 5.75 Å². The molecule has 1 unspecified atom stereocenters. The van der Waals surface area contributed by atoms with Gasteiger partial charge in [-0.25, -0.2) is 0 Å². The molecule has 1 saturated heterocycles. The number of hydrogen-bond donors (Lipinski definition) is 3. The number of phenols is 1. The molecule has 0 aromatic heterocycles. The molecular formula is C13H17ClN2O2. The zero-order chi connectivity index (χ0) is 13.0. The van der Waals surface area contributed by atoms with Crippen LogP contribution in [-0.2, 0) is 0 Å². The van der Waals surface area contributed by atoms with Crippen LogP contribution in [0.4, 0.5) is 0 Å². The highest BCUT2D eigenvalue weighted by atomic mass is 35.5. The van der Waals surface area contributed by atoms with Crippen LogP contribution in [0.1, 0.15) is 29.6 Å². The van der Waals surface area contributed by atoms with E-state index < -0.39 is 0 Å². The van der Waals surface area contributed by atoms with Gasteiger partial charge in [0.2, 0.25) is 0 Å². The first-order valence-corrected chi connectivity index (χ1v) is 6.54. The van der Waals surface area contributed by atoms with Crippen LogP contribution >= 0.6 is 11.6 Å². The van der Waals surface area contributed by atoms with E-state index in [1.807, 2.05) is 0 Å². The number of nitrogens with one attached hydrogen (secondary N) is 2. The second-order valence-electron chi connectivity index (χ2n) is 4.50. The Morgan fingerprint density at radius 3 is 3.11 bits per heavy atom. The summed E-state index contributed by atoms with van der Waals surface area (Å²) in [5.74, 6) is -0.330. The SMILES string of the molecule is O=C(NCCC1CCCN1)c1cc(Cl)ccc1O. The average molecular weight is 269 g/mol. The first-order valence-electron chi connectivity index (χ1n) is 6.17. The van der Waals surface area contributed by atoms with Gasteiger partial charge < -0.3 is 15.7 Å². The molecule has 1 aromatic rings. The van der Waals surface area contributed by atoms with Crippen molar-refractivity contribution in [2.24, 2.45) is 0 Å². The third kappa shape index (κ3) is 3.37. The number of aromatic hydroxyl groups is 1. The molecule has 1 aliphatic rings. The second-order valence-corrected chi connectivity index (χ2v) is 4.94. The molecule has 98 valence electrons. The van der Waals surface area contributed by atoms with E-state index in [4.69, 9.17) is 11.6 Å². The number of rotatable bonds is 4. The van der Waals surface area contributed by atoms with Crippen molar-refractivity contribution >= 4 is 17.5 Å². The molecule has 5 heteroatoms. The van der Waals surface area contributed by atoms with Gasteiger partial charge in [0.25, 0.3) is 5.91 Å². The Morgan fingerprint density at radius 2 is 2.39 bits per heavy atom. The van der Waals surface area contributed by atoms with Gasteiger partial charge in [0.1, 0.15) is 5.75 Å². The summed E-state index contributed by atoms with van der Waals surface area (Å²) < 4.78 is 0. The molecule has 18 heavy (non-hydrogen) atoms. The molecule has 1 amide bonds. The van der Waals surface area contributed by atoms with Crippen molar-refractivity contribution < 1.29 is 9.90 Å². The van der Waals surface area contributed by atoms with Gasteiger partial charge in [-0.05, 0) is 44.0 Å². The molecule has 4 nitrogen and oxygen atoms in total. The fourth-order valence-corrected chi connectivity index (χ4v) is 2.32. The lowest BCUT2D eigenvalue weighted by Gasteiger charge is -2.11. The summed E-state index contributed by atoms with van der Waals surface area (Å²) in [7, 11) is 0. The minimum absolute atomic E-state index is 0.0455. The van der Waals surface area contributed by atoms with Crippen LogP contribution in [0.3, 0.4) is 0 Å². The lowest BCUT2D eigenvalue weighted by atomic mass is 10.1. The van der Waals surface area contributed by atoms with E-state index in [1.54, 1.807) is 6.07 Å². The van der Waals surface area contributed by atoms with Crippen LogP contribution < -0.4 is 10.6 Å². The van der Waals surface area contributed by atoms with Gasteiger partial charge in [0, 0.05) is 17.6 Å². The zero-order valence-corrected chi connectivity index (χ0v) is 10.8. The lowest BCUT2D eigenvalue weighted by Crippen LogP contribution is -2.30. The largest absolute Gasteiger partial charge is 0.507 e. The second kappa shape index (κ2) is 6.07. The van der Waals surface area contributed by atoms with Gasteiger partial charge in [-0.1, -0.05) is 11.6 Å². The summed E-state index contributed by atoms with van der Waals surface area (Å²) >= 11 is 5.80. The standard InChI is InChI=1S/C13H17ClN2O2/c14-9-3-4-12(17)11(8-9)13(18)16-7-5-10-2-1-6-15-10/h3-4,8,10,15,17H,1-2,5-7H2,(H,16,18). The van der Waals surface area contributed by atoms with Gasteiger partial charge >= 0.3 is 0 Å². The van der Waals surface area contributed by atoms with Crippen LogP contribution in [0.15, 0.2) is 18.2 Å². The summed E-state index contributed by atoms with van der Waals surface area (Å²) in [4.78, 5) is 11.8. The maximum absolute atomic E-state index is 11.8. The fourth-order valence-electron chi connectivity index (χ4n) is 2.15. The number of amides is 1. The van der Waals surface area contributed by atoms with Gasteiger partial charge in [-0.15, -0.1) is 0 Å². The van der Waals surface area contributed by atoms with Crippen molar-refractivity contribution in [1.82, 2.24) is 10.6 Å². The van der Waals surface area contributed by atoms with Crippen molar-refractivity contribution in [2.75, 3.05) is 13.1 Å². The highest BCUT2D eigenvalue weighted by Gasteiger charge is 2.15. The molecule has 1 heterocycles. The maximum atomic E-state index is 11.8. The molecule has 3 N–H and O–H groups in total. The van der Waals surface area contributed by atoms with E-state index >= 15 is 0 Å². The summed E-state index contributed by atoms with van der Waals surface area (Å²) in [6.07, 6.45) is 3.28. The minimum atomic E-state index is -0.284. The molecule has 1 aliphatic heterocycles. The van der Waals surface area contributed by atoms with Crippen molar-refractivity contribution in [3.63, 3.8) is 0 Å². The number of phenolic OH excluding ortho intramolecular Hbond substituents is 1. The summed E-state index contributed by atoms with van der Waals surface area (Å²) in [6.45, 7) is 1.66. The minimum Gasteiger partial charge on any atom is -0.507 e. The predicted octanol–water partition coefficient (Wildman–Crippen LogP) is 1.92. The van der Waals surface area contributed by atoms with Crippen molar-refractivity contribution in [2.45, 2.75) is 25.3 Å². The Morgan fingerprint density at radius 1 is 1.56 bits per heavy atom. The Balaban J connectivity index is 1.85. The molecule has 0 saturated carbocycles. The Bertz CT molecular complexity index is 431. The van der Waals surface area contributed by atoms with Crippen LogP contribution in [0, 0.1) is 0 Å². The summed E-state index contributed by atoms with van der Waals surface area (Å²) in [5, 5.41) is 16.2. The number of benzene rings is 1. The third-order valence-corrected chi connectivity index (χ3v) is 3.38. The van der Waals surface area contributed by atoms with Gasteiger partial charge in [0.15, 0.2) is 0 Å². The Hall–Kier alpha value is -1.26. The maximum Gasteiger partial charge on any atom is 0.255 e. The van der Waals surface area contributed by atoms with Crippen LogP contribution in [-0.4, -0.2) is 30.1 Å². The van der Waals surface area contributed by atoms with Gasteiger partial charge in [0.05, 0.1) is 5.56 Å². The van der Waals surface area contributed by atoms with E-state index in [9.17, 15) is 9.90 Å². The first kappa shape index (κ1) is 13.2. The molecule has 1 aromatic carbocycles. The highest BCUT2D eigenvalue weighted by Crippen LogP contribution is 2.21. The van der Waals surface area contributed by atoms with E-state index in [1.165, 1.54) is 18.6 Å². The Kier molecular flexibility index (Phi) is 4.44. The van der Waals surface area contributed by atoms with E-state index in [0.717, 1.165) is 19.4 Å². The number of carbonyl (C=O) groups excluding carboxylic acids is 1. The molecule has 0 radical (unpaired) electrons. The molecule has 1 atom stereocenters. The lowest BCUT2D eigenvalue weighted by molar-refractivity contribution is 0.0949. The smallest absolute Gasteiger partial charge is 0.255 e. The quantitative estimate of drug-likeness (QED) is 0.782. The monoisotopic (exact) mass is 268 g/mol. The fraction of sp³-hybridized carbons (Fsp3) is 0.462. The van der Waals surface area contributed by atoms with E-state index in [-0.39, 0.29) is 17.2 Å². The number of hydrogen-bond acceptors (Lipinski definition) is 3. The van der Waals surface area contributed by atoms with Crippen LogP contribution in [0.25, 0.3) is 0 Å². The molecule has 0 spiro atoms. The van der Waals surface area contributed by atoms with Crippen LogP contribution in [0.5, 0.6) is 5.75 Å². The number of carbonyl (C=O) groups is 1. The first-order chi connectivity index (χ1) is 8.66. The molecule has 2 rings (SSSR count). The van der Waals surface area contributed by atoms with Crippen molar-refractivity contribution in [1.29, 1.82) is 0 Å². The van der Waals surface area contributed by atoms with Gasteiger partial charge in [-0.2, -0.15) is 0 Å². The third-order valence-electron chi connectivity index (χ3n) is 3.14. The zero-order valence-electron chi connectivity index (χ0n) is 10.1. The average Bonchev–Trinajstić information content (AvgIpc) is 2.85. The number of halogens is 1.